The van der Waals surface area contributed by atoms with Gasteiger partial charge >= 0.3 is 0 Å². The third-order valence-corrected chi connectivity index (χ3v) is 5.31. The van der Waals surface area contributed by atoms with Gasteiger partial charge in [0.25, 0.3) is 0 Å². The second-order valence-electron chi connectivity index (χ2n) is 6.51. The zero-order valence-corrected chi connectivity index (χ0v) is 13.5. The van der Waals surface area contributed by atoms with Crippen molar-refractivity contribution < 1.29 is 0 Å². The van der Waals surface area contributed by atoms with Gasteiger partial charge in [-0.2, -0.15) is 0 Å². The Kier molecular flexibility index (Phi) is 4.51. The summed E-state index contributed by atoms with van der Waals surface area (Å²) in [5, 5.41) is 1.18. The van der Waals surface area contributed by atoms with Crippen LogP contribution in [0.15, 0.2) is 0 Å². The van der Waals surface area contributed by atoms with Crippen molar-refractivity contribution >= 4 is 16.5 Å². The van der Waals surface area contributed by atoms with Crippen LogP contribution in [-0.4, -0.2) is 18.1 Å². The van der Waals surface area contributed by atoms with Crippen molar-refractivity contribution in [3.05, 3.63) is 10.6 Å². The monoisotopic (exact) mass is 281 g/mol. The first kappa shape index (κ1) is 14.8. The van der Waals surface area contributed by atoms with Gasteiger partial charge in [-0.3, -0.25) is 0 Å². The van der Waals surface area contributed by atoms with E-state index in [0.29, 0.717) is 17.9 Å². The minimum atomic E-state index is 0.406. The summed E-state index contributed by atoms with van der Waals surface area (Å²) in [6.07, 6.45) is 3.71. The number of piperidine rings is 1. The van der Waals surface area contributed by atoms with Crippen LogP contribution in [0.2, 0.25) is 0 Å². The highest BCUT2D eigenvalue weighted by Gasteiger charge is 2.28. The second kappa shape index (κ2) is 5.80. The van der Waals surface area contributed by atoms with Gasteiger partial charge < -0.3 is 10.6 Å². The molecule has 0 aromatic carbocycles. The third-order valence-electron chi connectivity index (χ3n) is 4.15. The number of nitrogens with zero attached hydrogens (tertiary/aromatic N) is 2. The SMILES string of the molecule is CCC(C)c1nc(N2CCCC(C)(C)C2)sc1CN. The van der Waals surface area contributed by atoms with Crippen LogP contribution < -0.4 is 10.6 Å². The Balaban J connectivity index is 2.23. The largest absolute Gasteiger partial charge is 0.348 e. The Morgan fingerprint density at radius 3 is 2.79 bits per heavy atom. The predicted molar refractivity (Wildman–Crippen MR) is 83.9 cm³/mol. The van der Waals surface area contributed by atoms with Gasteiger partial charge in [-0.1, -0.05) is 27.7 Å². The van der Waals surface area contributed by atoms with Crippen molar-refractivity contribution in [1.82, 2.24) is 4.98 Å². The number of hydrogen-bond donors (Lipinski definition) is 1. The second-order valence-corrected chi connectivity index (χ2v) is 7.57. The van der Waals surface area contributed by atoms with Gasteiger partial charge in [-0.15, -0.1) is 11.3 Å². The van der Waals surface area contributed by atoms with E-state index in [1.54, 1.807) is 11.3 Å². The van der Waals surface area contributed by atoms with E-state index in [2.05, 4.69) is 32.6 Å². The van der Waals surface area contributed by atoms with Crippen molar-refractivity contribution in [2.45, 2.75) is 59.4 Å². The molecule has 1 aliphatic heterocycles. The maximum Gasteiger partial charge on any atom is 0.185 e. The van der Waals surface area contributed by atoms with Gasteiger partial charge in [-0.25, -0.2) is 4.98 Å². The molecule has 2 rings (SSSR count). The zero-order valence-electron chi connectivity index (χ0n) is 12.7. The lowest BCUT2D eigenvalue weighted by atomic mass is 9.84. The van der Waals surface area contributed by atoms with Crippen molar-refractivity contribution in [3.8, 4) is 0 Å². The summed E-state index contributed by atoms with van der Waals surface area (Å²) in [7, 11) is 0. The highest BCUT2D eigenvalue weighted by molar-refractivity contribution is 7.15. The van der Waals surface area contributed by atoms with Gasteiger partial charge in [-0.05, 0) is 30.6 Å². The van der Waals surface area contributed by atoms with E-state index in [9.17, 15) is 0 Å². The molecule has 1 aliphatic rings. The Bertz CT molecular complexity index is 425. The summed E-state index contributed by atoms with van der Waals surface area (Å²) < 4.78 is 0. The molecule has 2 heterocycles. The molecule has 4 heteroatoms. The molecule has 1 aromatic rings. The lowest BCUT2D eigenvalue weighted by molar-refractivity contribution is 0.293. The number of anilines is 1. The van der Waals surface area contributed by atoms with E-state index in [-0.39, 0.29) is 0 Å². The van der Waals surface area contributed by atoms with Gasteiger partial charge in [0.2, 0.25) is 0 Å². The minimum absolute atomic E-state index is 0.406. The minimum Gasteiger partial charge on any atom is -0.348 e. The number of nitrogens with two attached hydrogens (primary N) is 1. The fourth-order valence-electron chi connectivity index (χ4n) is 2.80. The summed E-state index contributed by atoms with van der Waals surface area (Å²) >= 11 is 1.80. The van der Waals surface area contributed by atoms with Gasteiger partial charge in [0.15, 0.2) is 5.13 Å². The summed E-state index contributed by atoms with van der Waals surface area (Å²) in [4.78, 5) is 8.63. The maximum atomic E-state index is 5.89. The van der Waals surface area contributed by atoms with Crippen LogP contribution >= 0.6 is 11.3 Å². The van der Waals surface area contributed by atoms with Crippen LogP contribution in [0.25, 0.3) is 0 Å². The Morgan fingerprint density at radius 2 is 2.21 bits per heavy atom. The molecule has 1 unspecified atom stereocenters. The first-order chi connectivity index (χ1) is 8.96. The molecule has 0 aliphatic carbocycles. The Labute approximate surface area is 121 Å². The zero-order chi connectivity index (χ0) is 14.0. The van der Waals surface area contributed by atoms with E-state index in [1.165, 1.54) is 28.5 Å². The normalized spacial score (nSPS) is 20.6. The van der Waals surface area contributed by atoms with Crippen molar-refractivity contribution in [2.24, 2.45) is 11.1 Å². The molecule has 1 atom stereocenters. The fourth-order valence-corrected chi connectivity index (χ4v) is 3.88. The van der Waals surface area contributed by atoms with E-state index >= 15 is 0 Å². The molecule has 1 fully saturated rings. The summed E-state index contributed by atoms with van der Waals surface area (Å²) in [6.45, 7) is 12.0. The lowest BCUT2D eigenvalue weighted by Gasteiger charge is -2.37. The maximum absolute atomic E-state index is 5.89. The lowest BCUT2D eigenvalue weighted by Crippen LogP contribution is -2.40. The number of rotatable bonds is 4. The molecule has 0 saturated carbocycles. The summed E-state index contributed by atoms with van der Waals surface area (Å²) in [5.41, 5.74) is 7.53. The molecular weight excluding hydrogens is 254 g/mol. The van der Waals surface area contributed by atoms with Gasteiger partial charge in [0.05, 0.1) is 5.69 Å². The number of aromatic nitrogens is 1. The Morgan fingerprint density at radius 1 is 1.47 bits per heavy atom. The first-order valence-electron chi connectivity index (χ1n) is 7.41. The Hall–Kier alpha value is -0.610. The molecule has 0 spiro atoms. The third kappa shape index (κ3) is 3.29. The smallest absolute Gasteiger partial charge is 0.185 e. The molecule has 0 bridgehead atoms. The standard InChI is InChI=1S/C15H27N3S/c1-5-11(2)13-12(9-16)19-14(17-13)18-8-6-7-15(3,4)10-18/h11H,5-10,16H2,1-4H3. The highest BCUT2D eigenvalue weighted by atomic mass is 32.1. The number of thiazole rings is 1. The summed E-state index contributed by atoms with van der Waals surface area (Å²) in [6, 6.07) is 0. The van der Waals surface area contributed by atoms with E-state index in [0.717, 1.165) is 19.5 Å². The quantitative estimate of drug-likeness (QED) is 0.914. The van der Waals surface area contributed by atoms with Crippen LogP contribution in [0.5, 0.6) is 0 Å². The first-order valence-corrected chi connectivity index (χ1v) is 8.23. The van der Waals surface area contributed by atoms with E-state index in [1.807, 2.05) is 0 Å². The highest BCUT2D eigenvalue weighted by Crippen LogP contribution is 2.36. The number of hydrogen-bond acceptors (Lipinski definition) is 4. The fraction of sp³-hybridized carbons (Fsp3) is 0.800. The summed E-state index contributed by atoms with van der Waals surface area (Å²) in [5.74, 6) is 0.515. The van der Waals surface area contributed by atoms with Crippen LogP contribution in [0.3, 0.4) is 0 Å². The molecule has 108 valence electrons. The van der Waals surface area contributed by atoms with Crippen molar-refractivity contribution in [2.75, 3.05) is 18.0 Å². The molecule has 0 amide bonds. The molecule has 1 aromatic heterocycles. The molecule has 1 saturated heterocycles. The van der Waals surface area contributed by atoms with Gasteiger partial charge in [0, 0.05) is 24.5 Å². The molecular formula is C15H27N3S. The van der Waals surface area contributed by atoms with Gasteiger partial charge in [0.1, 0.15) is 0 Å². The molecule has 3 nitrogen and oxygen atoms in total. The van der Waals surface area contributed by atoms with Crippen LogP contribution in [0.1, 0.15) is 63.4 Å². The van der Waals surface area contributed by atoms with Crippen LogP contribution in [-0.2, 0) is 6.54 Å². The molecule has 19 heavy (non-hydrogen) atoms. The van der Waals surface area contributed by atoms with Crippen molar-refractivity contribution in [1.29, 1.82) is 0 Å². The van der Waals surface area contributed by atoms with E-state index in [4.69, 9.17) is 10.7 Å². The topological polar surface area (TPSA) is 42.2 Å². The van der Waals surface area contributed by atoms with Crippen LogP contribution in [0.4, 0.5) is 5.13 Å². The molecule has 0 radical (unpaired) electrons. The van der Waals surface area contributed by atoms with E-state index < -0.39 is 0 Å². The predicted octanol–water partition coefficient (Wildman–Crippen LogP) is 3.74. The van der Waals surface area contributed by atoms with Crippen molar-refractivity contribution in [3.63, 3.8) is 0 Å². The van der Waals surface area contributed by atoms with Crippen LogP contribution in [0, 0.1) is 5.41 Å². The average Bonchev–Trinajstić information content (AvgIpc) is 2.80. The molecule has 2 N–H and O–H groups in total. The average molecular weight is 281 g/mol.